The van der Waals surface area contributed by atoms with Crippen LogP contribution in [0.5, 0.6) is 0 Å². The van der Waals surface area contributed by atoms with E-state index in [4.69, 9.17) is 16.7 Å². The van der Waals surface area contributed by atoms with E-state index in [1.54, 1.807) is 0 Å². The van der Waals surface area contributed by atoms with E-state index in [0.29, 0.717) is 11.6 Å². The molecule has 1 aromatic heterocycles. The van der Waals surface area contributed by atoms with Gasteiger partial charge >= 0.3 is 0 Å². The van der Waals surface area contributed by atoms with Crippen LogP contribution in [-0.4, -0.2) is 16.7 Å². The van der Waals surface area contributed by atoms with Gasteiger partial charge in [0.1, 0.15) is 10.2 Å². The number of halogens is 2. The van der Waals surface area contributed by atoms with E-state index in [9.17, 15) is 0 Å². The standard InChI is InChI=1S/C11H9BrClNOS/c12-8-3-1-7(2-4-8)11-14-10(13)9(16-11)5-6-15/h1-4,15H,5-6H2. The summed E-state index contributed by atoms with van der Waals surface area (Å²) in [7, 11) is 0. The van der Waals surface area contributed by atoms with Crippen LogP contribution in [0.4, 0.5) is 0 Å². The third kappa shape index (κ3) is 2.63. The predicted molar refractivity (Wildman–Crippen MR) is 71.0 cm³/mol. The first-order valence-corrected chi connectivity index (χ1v) is 6.71. The fourth-order valence-corrected chi connectivity index (χ4v) is 2.86. The number of hydrogen-bond donors (Lipinski definition) is 1. The van der Waals surface area contributed by atoms with Crippen molar-refractivity contribution in [3.63, 3.8) is 0 Å². The Kier molecular flexibility index (Phi) is 3.97. The molecule has 0 fully saturated rings. The summed E-state index contributed by atoms with van der Waals surface area (Å²) in [5, 5.41) is 10.3. The number of aliphatic hydroxyl groups excluding tert-OH is 1. The summed E-state index contributed by atoms with van der Waals surface area (Å²) >= 11 is 10.9. The normalized spacial score (nSPS) is 10.7. The fraction of sp³-hybridized carbons (Fsp3) is 0.182. The smallest absolute Gasteiger partial charge is 0.143 e. The molecule has 84 valence electrons. The van der Waals surface area contributed by atoms with E-state index in [1.807, 2.05) is 24.3 Å². The van der Waals surface area contributed by atoms with Crippen molar-refractivity contribution in [3.8, 4) is 10.6 Å². The van der Waals surface area contributed by atoms with Crippen LogP contribution in [0, 0.1) is 0 Å². The number of rotatable bonds is 3. The van der Waals surface area contributed by atoms with Crippen LogP contribution in [0.1, 0.15) is 4.88 Å². The summed E-state index contributed by atoms with van der Waals surface area (Å²) in [4.78, 5) is 5.22. The summed E-state index contributed by atoms with van der Waals surface area (Å²) in [6, 6.07) is 7.91. The number of aromatic nitrogens is 1. The summed E-state index contributed by atoms with van der Waals surface area (Å²) in [6.07, 6.45) is 0.563. The van der Waals surface area contributed by atoms with Crippen molar-refractivity contribution in [1.82, 2.24) is 4.98 Å². The van der Waals surface area contributed by atoms with E-state index in [-0.39, 0.29) is 6.61 Å². The summed E-state index contributed by atoms with van der Waals surface area (Å²) in [5.41, 5.74) is 1.04. The molecular formula is C11H9BrClNOS. The van der Waals surface area contributed by atoms with E-state index in [2.05, 4.69) is 20.9 Å². The van der Waals surface area contributed by atoms with Gasteiger partial charge in [0.2, 0.25) is 0 Å². The molecule has 1 N–H and O–H groups in total. The van der Waals surface area contributed by atoms with Crippen molar-refractivity contribution >= 4 is 38.9 Å². The van der Waals surface area contributed by atoms with Gasteiger partial charge in [-0.05, 0) is 12.1 Å². The Labute approximate surface area is 111 Å². The summed E-state index contributed by atoms with van der Waals surface area (Å²) < 4.78 is 1.04. The monoisotopic (exact) mass is 317 g/mol. The van der Waals surface area contributed by atoms with E-state index < -0.39 is 0 Å². The van der Waals surface area contributed by atoms with Crippen LogP contribution in [0.15, 0.2) is 28.7 Å². The lowest BCUT2D eigenvalue weighted by atomic mass is 10.2. The SMILES string of the molecule is OCCc1sc(-c2ccc(Br)cc2)nc1Cl. The maximum Gasteiger partial charge on any atom is 0.143 e. The minimum atomic E-state index is 0.0989. The maximum atomic E-state index is 8.87. The van der Waals surface area contributed by atoms with Gasteiger partial charge in [-0.1, -0.05) is 39.7 Å². The molecule has 2 nitrogen and oxygen atoms in total. The van der Waals surface area contributed by atoms with Gasteiger partial charge < -0.3 is 5.11 Å². The van der Waals surface area contributed by atoms with Gasteiger partial charge in [0, 0.05) is 27.9 Å². The lowest BCUT2D eigenvalue weighted by molar-refractivity contribution is 0.300. The molecule has 0 spiro atoms. The number of benzene rings is 1. The zero-order valence-corrected chi connectivity index (χ0v) is 11.4. The van der Waals surface area contributed by atoms with Crippen LogP contribution in [0.25, 0.3) is 10.6 Å². The van der Waals surface area contributed by atoms with Gasteiger partial charge in [-0.2, -0.15) is 0 Å². The molecule has 1 heterocycles. The van der Waals surface area contributed by atoms with E-state index in [0.717, 1.165) is 19.9 Å². The second kappa shape index (κ2) is 5.27. The van der Waals surface area contributed by atoms with Gasteiger partial charge in [0.15, 0.2) is 0 Å². The summed E-state index contributed by atoms with van der Waals surface area (Å²) in [6.45, 7) is 0.0989. The van der Waals surface area contributed by atoms with Crippen molar-refractivity contribution in [2.75, 3.05) is 6.61 Å². The highest BCUT2D eigenvalue weighted by molar-refractivity contribution is 9.10. The quantitative estimate of drug-likeness (QED) is 0.934. The van der Waals surface area contributed by atoms with E-state index >= 15 is 0 Å². The molecule has 0 amide bonds. The number of hydrogen-bond acceptors (Lipinski definition) is 3. The first-order valence-electron chi connectivity index (χ1n) is 4.72. The predicted octanol–water partition coefficient (Wildman–Crippen LogP) is 3.76. The van der Waals surface area contributed by atoms with Gasteiger partial charge in [-0.25, -0.2) is 4.98 Å². The average Bonchev–Trinajstić information content (AvgIpc) is 2.62. The Morgan fingerprint density at radius 1 is 1.31 bits per heavy atom. The molecule has 0 saturated carbocycles. The van der Waals surface area contributed by atoms with Gasteiger partial charge in [0.05, 0.1) is 0 Å². The molecule has 0 aliphatic heterocycles. The molecule has 2 aromatic rings. The zero-order chi connectivity index (χ0) is 11.5. The van der Waals surface area contributed by atoms with Crippen molar-refractivity contribution in [2.24, 2.45) is 0 Å². The van der Waals surface area contributed by atoms with Crippen molar-refractivity contribution < 1.29 is 5.11 Å². The zero-order valence-electron chi connectivity index (χ0n) is 8.28. The molecule has 0 aliphatic carbocycles. The first kappa shape index (κ1) is 12.0. The molecule has 2 rings (SSSR count). The van der Waals surface area contributed by atoms with Crippen LogP contribution in [-0.2, 0) is 6.42 Å². The van der Waals surface area contributed by atoms with Crippen LogP contribution in [0.3, 0.4) is 0 Å². The minimum Gasteiger partial charge on any atom is -0.396 e. The Bertz CT molecular complexity index is 483. The average molecular weight is 319 g/mol. The van der Waals surface area contributed by atoms with Crippen molar-refractivity contribution in [2.45, 2.75) is 6.42 Å². The highest BCUT2D eigenvalue weighted by Gasteiger charge is 2.10. The molecule has 0 unspecified atom stereocenters. The van der Waals surface area contributed by atoms with Crippen molar-refractivity contribution in [3.05, 3.63) is 38.8 Å². The van der Waals surface area contributed by atoms with Crippen LogP contribution >= 0.6 is 38.9 Å². The second-order valence-electron chi connectivity index (χ2n) is 3.21. The van der Waals surface area contributed by atoms with Crippen LogP contribution in [0.2, 0.25) is 5.15 Å². The van der Waals surface area contributed by atoms with E-state index in [1.165, 1.54) is 11.3 Å². The van der Waals surface area contributed by atoms with Gasteiger partial charge in [-0.3, -0.25) is 0 Å². The van der Waals surface area contributed by atoms with Crippen LogP contribution < -0.4 is 0 Å². The Morgan fingerprint density at radius 2 is 2.00 bits per heavy atom. The van der Waals surface area contributed by atoms with Crippen molar-refractivity contribution in [1.29, 1.82) is 0 Å². The lowest BCUT2D eigenvalue weighted by Gasteiger charge is -1.95. The molecule has 0 bridgehead atoms. The number of aliphatic hydroxyl groups is 1. The molecule has 0 radical (unpaired) electrons. The second-order valence-corrected chi connectivity index (χ2v) is 5.57. The highest BCUT2D eigenvalue weighted by atomic mass is 79.9. The first-order chi connectivity index (χ1) is 7.70. The molecular weight excluding hydrogens is 310 g/mol. The minimum absolute atomic E-state index is 0.0989. The topological polar surface area (TPSA) is 33.1 Å². The lowest BCUT2D eigenvalue weighted by Crippen LogP contribution is -1.86. The van der Waals surface area contributed by atoms with Gasteiger partial charge in [-0.15, -0.1) is 11.3 Å². The molecule has 0 saturated heterocycles. The highest BCUT2D eigenvalue weighted by Crippen LogP contribution is 2.31. The molecule has 0 aliphatic rings. The molecule has 1 aromatic carbocycles. The third-order valence-electron chi connectivity index (χ3n) is 2.08. The number of thiazole rings is 1. The largest absolute Gasteiger partial charge is 0.396 e. The third-order valence-corrected chi connectivity index (χ3v) is 4.20. The number of nitrogens with zero attached hydrogens (tertiary/aromatic N) is 1. The van der Waals surface area contributed by atoms with Gasteiger partial charge in [0.25, 0.3) is 0 Å². The molecule has 16 heavy (non-hydrogen) atoms. The maximum absolute atomic E-state index is 8.87. The molecule has 0 atom stereocenters. The molecule has 5 heteroatoms. The Balaban J connectivity index is 2.33. The fourth-order valence-electron chi connectivity index (χ4n) is 1.30. The Morgan fingerprint density at radius 3 is 2.62 bits per heavy atom. The summed E-state index contributed by atoms with van der Waals surface area (Å²) in [5.74, 6) is 0. The Hall–Kier alpha value is -0.420.